The molecule has 19 heavy (non-hydrogen) atoms. The minimum Gasteiger partial charge on any atom is -0.301 e. The van der Waals surface area contributed by atoms with Crippen LogP contribution in [-0.2, 0) is 10.0 Å². The number of hydrogen-bond acceptors (Lipinski definition) is 3. The molecule has 0 atom stereocenters. The van der Waals surface area contributed by atoms with Gasteiger partial charge in [-0.25, -0.2) is 12.8 Å². The van der Waals surface area contributed by atoms with Crippen molar-refractivity contribution in [1.82, 2.24) is 9.21 Å². The zero-order valence-corrected chi connectivity index (χ0v) is 11.9. The fourth-order valence-electron chi connectivity index (χ4n) is 2.27. The molecule has 0 radical (unpaired) electrons. The normalized spacial score (nSPS) is 18.6. The number of rotatable bonds is 4. The summed E-state index contributed by atoms with van der Waals surface area (Å²) >= 11 is 0. The maximum Gasteiger partial charge on any atom is 0.243 e. The Balaban J connectivity index is 2.07. The Hall–Kier alpha value is -0.980. The second-order valence-corrected chi connectivity index (χ2v) is 6.64. The van der Waals surface area contributed by atoms with Crippen molar-refractivity contribution in [1.29, 1.82) is 0 Å². The third-order valence-electron chi connectivity index (χ3n) is 3.32. The average Bonchev–Trinajstić information content (AvgIpc) is 2.40. The molecular weight excluding hydrogens is 267 g/mol. The highest BCUT2D eigenvalue weighted by molar-refractivity contribution is 7.89. The zero-order chi connectivity index (χ0) is 13.9. The van der Waals surface area contributed by atoms with Crippen molar-refractivity contribution in [3.05, 3.63) is 30.1 Å². The van der Waals surface area contributed by atoms with Gasteiger partial charge in [0.2, 0.25) is 10.0 Å². The number of nitrogens with zero attached hydrogens (tertiary/aromatic N) is 2. The molecule has 0 unspecified atom stereocenters. The molecule has 0 bridgehead atoms. The number of sulfonamides is 1. The first kappa shape index (κ1) is 14.4. The van der Waals surface area contributed by atoms with Gasteiger partial charge in [-0.3, -0.25) is 0 Å². The van der Waals surface area contributed by atoms with Crippen LogP contribution in [0.2, 0.25) is 0 Å². The molecular formula is C13H19FN2O2S. The molecule has 1 aromatic rings. The van der Waals surface area contributed by atoms with Crippen LogP contribution in [0.1, 0.15) is 13.3 Å². The van der Waals surface area contributed by atoms with E-state index in [9.17, 15) is 12.8 Å². The lowest BCUT2D eigenvalue weighted by Gasteiger charge is -2.33. The average molecular weight is 286 g/mol. The van der Waals surface area contributed by atoms with Gasteiger partial charge in [0.05, 0.1) is 4.90 Å². The van der Waals surface area contributed by atoms with Gasteiger partial charge in [-0.1, -0.05) is 6.92 Å². The van der Waals surface area contributed by atoms with Gasteiger partial charge in [-0.15, -0.1) is 0 Å². The van der Waals surface area contributed by atoms with Crippen LogP contribution in [0.3, 0.4) is 0 Å². The molecule has 2 rings (SSSR count). The summed E-state index contributed by atoms with van der Waals surface area (Å²) < 4.78 is 39.0. The molecule has 1 heterocycles. The van der Waals surface area contributed by atoms with E-state index in [-0.39, 0.29) is 4.90 Å². The van der Waals surface area contributed by atoms with E-state index in [1.165, 1.54) is 28.6 Å². The first-order chi connectivity index (χ1) is 9.04. The summed E-state index contributed by atoms with van der Waals surface area (Å²) in [7, 11) is -3.48. The van der Waals surface area contributed by atoms with Gasteiger partial charge in [0.15, 0.2) is 0 Å². The van der Waals surface area contributed by atoms with Crippen molar-refractivity contribution in [2.45, 2.75) is 18.2 Å². The van der Waals surface area contributed by atoms with Crippen molar-refractivity contribution in [3.8, 4) is 0 Å². The first-order valence-electron chi connectivity index (χ1n) is 6.52. The summed E-state index contributed by atoms with van der Waals surface area (Å²) in [5.74, 6) is -0.424. The lowest BCUT2D eigenvalue weighted by molar-refractivity contribution is 0.188. The third-order valence-corrected chi connectivity index (χ3v) is 5.24. The largest absolute Gasteiger partial charge is 0.301 e. The number of halogens is 1. The Kier molecular flexibility index (Phi) is 4.54. The SMILES string of the molecule is CCCN1CCN(S(=O)(=O)c2ccc(F)cc2)CC1. The summed E-state index contributed by atoms with van der Waals surface area (Å²) in [5, 5.41) is 0. The summed E-state index contributed by atoms with van der Waals surface area (Å²) in [6.45, 7) is 5.63. The monoisotopic (exact) mass is 286 g/mol. The molecule has 1 aromatic carbocycles. The Labute approximate surface area is 113 Å². The van der Waals surface area contributed by atoms with E-state index >= 15 is 0 Å². The van der Waals surface area contributed by atoms with Gasteiger partial charge in [0.25, 0.3) is 0 Å². The number of hydrogen-bond donors (Lipinski definition) is 0. The highest BCUT2D eigenvalue weighted by Crippen LogP contribution is 2.18. The van der Waals surface area contributed by atoms with Gasteiger partial charge in [0.1, 0.15) is 5.82 Å². The predicted molar refractivity (Wildman–Crippen MR) is 71.9 cm³/mol. The first-order valence-corrected chi connectivity index (χ1v) is 7.96. The predicted octanol–water partition coefficient (Wildman–Crippen LogP) is 1.54. The van der Waals surface area contributed by atoms with Crippen molar-refractivity contribution in [3.63, 3.8) is 0 Å². The maximum atomic E-state index is 12.8. The van der Waals surface area contributed by atoms with Crippen LogP contribution < -0.4 is 0 Å². The van der Waals surface area contributed by atoms with Crippen molar-refractivity contribution >= 4 is 10.0 Å². The molecule has 106 valence electrons. The van der Waals surface area contributed by atoms with Crippen LogP contribution >= 0.6 is 0 Å². The highest BCUT2D eigenvalue weighted by Gasteiger charge is 2.27. The summed E-state index contributed by atoms with van der Waals surface area (Å²) in [6.07, 6.45) is 1.07. The molecule has 4 nitrogen and oxygen atoms in total. The summed E-state index contributed by atoms with van der Waals surface area (Å²) in [4.78, 5) is 2.43. The second kappa shape index (κ2) is 5.98. The quantitative estimate of drug-likeness (QED) is 0.843. The van der Waals surface area contributed by atoms with Gasteiger partial charge >= 0.3 is 0 Å². The number of piperazine rings is 1. The van der Waals surface area contributed by atoms with Crippen molar-refractivity contribution in [2.75, 3.05) is 32.7 Å². The second-order valence-electron chi connectivity index (χ2n) is 4.70. The van der Waals surface area contributed by atoms with E-state index in [1.807, 2.05) is 0 Å². The van der Waals surface area contributed by atoms with Crippen LogP contribution in [0, 0.1) is 5.82 Å². The van der Waals surface area contributed by atoms with Gasteiger partial charge < -0.3 is 4.90 Å². The van der Waals surface area contributed by atoms with E-state index < -0.39 is 15.8 Å². The lowest BCUT2D eigenvalue weighted by atomic mass is 10.3. The maximum absolute atomic E-state index is 12.8. The molecule has 0 amide bonds. The molecule has 1 saturated heterocycles. The molecule has 0 saturated carbocycles. The summed E-state index contributed by atoms with van der Waals surface area (Å²) in [5.41, 5.74) is 0. The van der Waals surface area contributed by atoms with Crippen molar-refractivity contribution in [2.24, 2.45) is 0 Å². The molecule has 1 aliphatic rings. The molecule has 1 fully saturated rings. The van der Waals surface area contributed by atoms with Crippen LogP contribution in [0.4, 0.5) is 4.39 Å². The van der Waals surface area contributed by atoms with Gasteiger partial charge in [-0.2, -0.15) is 4.31 Å². The van der Waals surface area contributed by atoms with Crippen LogP contribution in [0.5, 0.6) is 0 Å². The lowest BCUT2D eigenvalue weighted by Crippen LogP contribution is -2.48. The molecule has 0 aromatic heterocycles. The Bertz CT molecular complexity index is 508. The topological polar surface area (TPSA) is 40.6 Å². The Morgan fingerprint density at radius 3 is 2.21 bits per heavy atom. The molecule has 1 aliphatic heterocycles. The van der Waals surface area contributed by atoms with E-state index in [2.05, 4.69) is 11.8 Å². The Morgan fingerprint density at radius 2 is 1.68 bits per heavy atom. The van der Waals surface area contributed by atoms with E-state index in [1.54, 1.807) is 0 Å². The smallest absolute Gasteiger partial charge is 0.243 e. The van der Waals surface area contributed by atoms with Gasteiger partial charge in [0, 0.05) is 26.2 Å². The Morgan fingerprint density at radius 1 is 1.11 bits per heavy atom. The van der Waals surface area contributed by atoms with Gasteiger partial charge in [-0.05, 0) is 37.2 Å². The van der Waals surface area contributed by atoms with E-state index in [0.717, 1.165) is 26.1 Å². The molecule has 6 heteroatoms. The number of benzene rings is 1. The van der Waals surface area contributed by atoms with E-state index in [0.29, 0.717) is 13.1 Å². The summed E-state index contributed by atoms with van der Waals surface area (Å²) in [6, 6.07) is 5.01. The van der Waals surface area contributed by atoms with Crippen LogP contribution in [0.25, 0.3) is 0 Å². The zero-order valence-electron chi connectivity index (χ0n) is 11.0. The fourth-order valence-corrected chi connectivity index (χ4v) is 3.69. The highest BCUT2D eigenvalue weighted by atomic mass is 32.2. The van der Waals surface area contributed by atoms with E-state index in [4.69, 9.17) is 0 Å². The third kappa shape index (κ3) is 3.32. The standard InChI is InChI=1S/C13H19FN2O2S/c1-2-7-15-8-10-16(11-9-15)19(17,18)13-5-3-12(14)4-6-13/h3-6H,2,7-11H2,1H3. The van der Waals surface area contributed by atoms with Crippen LogP contribution in [0.15, 0.2) is 29.2 Å². The van der Waals surface area contributed by atoms with Crippen molar-refractivity contribution < 1.29 is 12.8 Å². The van der Waals surface area contributed by atoms with Crippen LogP contribution in [-0.4, -0.2) is 50.3 Å². The molecule has 0 N–H and O–H groups in total. The molecule has 0 spiro atoms. The fraction of sp³-hybridized carbons (Fsp3) is 0.538. The minimum atomic E-state index is -3.48. The molecule has 0 aliphatic carbocycles. The minimum absolute atomic E-state index is 0.165.